The first-order valence-electron chi connectivity index (χ1n) is 5.19. The van der Waals surface area contributed by atoms with Gasteiger partial charge in [0.1, 0.15) is 5.57 Å². The second-order valence-corrected chi connectivity index (χ2v) is 4.70. The van der Waals surface area contributed by atoms with Crippen molar-refractivity contribution < 1.29 is 0 Å². The minimum Gasteiger partial charge on any atom is -0.0807 e. The SMILES string of the molecule is C=C1N=[O+]C(C2CCCCC2)=C1CI. The van der Waals surface area contributed by atoms with Gasteiger partial charge in [-0.1, -0.05) is 53.0 Å². The van der Waals surface area contributed by atoms with Crippen LogP contribution in [-0.4, -0.2) is 4.43 Å². The van der Waals surface area contributed by atoms with E-state index in [1.54, 1.807) is 0 Å². The lowest BCUT2D eigenvalue weighted by Gasteiger charge is -2.15. The van der Waals surface area contributed by atoms with Gasteiger partial charge >= 0.3 is 5.76 Å². The highest BCUT2D eigenvalue weighted by atomic mass is 127. The Labute approximate surface area is 98.3 Å². The van der Waals surface area contributed by atoms with Crippen molar-refractivity contribution in [2.45, 2.75) is 32.1 Å². The van der Waals surface area contributed by atoms with Crippen LogP contribution in [0.2, 0.25) is 0 Å². The van der Waals surface area contributed by atoms with Crippen LogP contribution >= 0.6 is 22.6 Å². The van der Waals surface area contributed by atoms with Crippen molar-refractivity contribution in [1.29, 1.82) is 0 Å². The van der Waals surface area contributed by atoms with Gasteiger partial charge in [0.05, 0.1) is 5.92 Å². The molecule has 1 aliphatic carbocycles. The molecule has 1 aliphatic heterocycles. The summed E-state index contributed by atoms with van der Waals surface area (Å²) in [6.07, 6.45) is 6.56. The number of hydrogen-bond donors (Lipinski definition) is 0. The average Bonchev–Trinajstić information content (AvgIpc) is 2.61. The highest BCUT2D eigenvalue weighted by Crippen LogP contribution is 2.36. The number of allylic oxidation sites excluding steroid dienone is 2. The molecule has 0 saturated heterocycles. The molecule has 0 atom stereocenters. The molecule has 1 saturated carbocycles. The fourth-order valence-electron chi connectivity index (χ4n) is 2.19. The molecule has 76 valence electrons. The van der Waals surface area contributed by atoms with Gasteiger partial charge in [-0.15, -0.1) is 0 Å². The molecule has 0 aromatic carbocycles. The Kier molecular flexibility index (Phi) is 3.36. The quantitative estimate of drug-likeness (QED) is 0.417. The zero-order valence-electron chi connectivity index (χ0n) is 8.26. The van der Waals surface area contributed by atoms with Crippen LogP contribution in [0.5, 0.6) is 0 Å². The average molecular weight is 304 g/mol. The maximum absolute atomic E-state index is 5.41. The third-order valence-electron chi connectivity index (χ3n) is 3.01. The molecule has 0 bridgehead atoms. The van der Waals surface area contributed by atoms with Crippen LogP contribution in [0.4, 0.5) is 0 Å². The number of nitrogens with zero attached hydrogens (tertiary/aromatic N) is 1. The summed E-state index contributed by atoms with van der Waals surface area (Å²) < 4.78 is 6.37. The third kappa shape index (κ3) is 1.92. The van der Waals surface area contributed by atoms with E-state index >= 15 is 0 Å². The number of rotatable bonds is 2. The number of hydrogen-bond acceptors (Lipinski definition) is 1. The highest BCUT2D eigenvalue weighted by molar-refractivity contribution is 14.1. The van der Waals surface area contributed by atoms with Gasteiger partial charge < -0.3 is 0 Å². The topological polar surface area (TPSA) is 23.7 Å². The zero-order valence-corrected chi connectivity index (χ0v) is 10.4. The molecular formula is C11H15INO+. The summed E-state index contributed by atoms with van der Waals surface area (Å²) in [6.45, 7) is 3.90. The fraction of sp³-hybridized carbons (Fsp3) is 0.636. The minimum atomic E-state index is 0.608. The predicted molar refractivity (Wildman–Crippen MR) is 67.4 cm³/mol. The van der Waals surface area contributed by atoms with E-state index in [1.165, 1.54) is 37.7 Å². The molecule has 0 aromatic heterocycles. The molecule has 2 rings (SSSR count). The Hall–Kier alpha value is -0.190. The van der Waals surface area contributed by atoms with E-state index in [0.29, 0.717) is 5.92 Å². The predicted octanol–water partition coefficient (Wildman–Crippen LogP) is 4.09. The van der Waals surface area contributed by atoms with Crippen LogP contribution in [0.15, 0.2) is 28.8 Å². The lowest BCUT2D eigenvalue weighted by molar-refractivity contribution is 0.406. The Balaban J connectivity index is 2.18. The Morgan fingerprint density at radius 1 is 1.36 bits per heavy atom. The largest absolute Gasteiger partial charge is 0.385 e. The summed E-state index contributed by atoms with van der Waals surface area (Å²) in [5.41, 5.74) is 2.07. The van der Waals surface area contributed by atoms with E-state index in [4.69, 9.17) is 4.54 Å². The highest BCUT2D eigenvalue weighted by Gasteiger charge is 2.36. The van der Waals surface area contributed by atoms with Gasteiger partial charge in [-0.3, -0.25) is 0 Å². The first-order valence-corrected chi connectivity index (χ1v) is 6.72. The molecule has 3 heteroatoms. The van der Waals surface area contributed by atoms with Gasteiger partial charge in [0.2, 0.25) is 0 Å². The second kappa shape index (κ2) is 4.55. The van der Waals surface area contributed by atoms with Crippen LogP contribution < -0.4 is 0 Å². The molecule has 2 nitrogen and oxygen atoms in total. The van der Waals surface area contributed by atoms with E-state index < -0.39 is 0 Å². The summed E-state index contributed by atoms with van der Waals surface area (Å²) in [7, 11) is 0. The number of alkyl halides is 1. The van der Waals surface area contributed by atoms with Crippen molar-refractivity contribution in [3.63, 3.8) is 0 Å². The molecule has 0 N–H and O–H groups in total. The van der Waals surface area contributed by atoms with Crippen molar-refractivity contribution in [2.75, 3.05) is 4.43 Å². The lowest BCUT2D eigenvalue weighted by Crippen LogP contribution is -2.09. The minimum absolute atomic E-state index is 0.608. The maximum Gasteiger partial charge on any atom is 0.385 e. The molecule has 0 spiro atoms. The van der Waals surface area contributed by atoms with Crippen LogP contribution in [0.25, 0.3) is 0 Å². The van der Waals surface area contributed by atoms with Crippen LogP contribution in [0, 0.1) is 10.5 Å². The number of halogens is 1. The maximum atomic E-state index is 5.41. The van der Waals surface area contributed by atoms with Crippen LogP contribution in [0.3, 0.4) is 0 Å². The van der Waals surface area contributed by atoms with E-state index in [-0.39, 0.29) is 0 Å². The van der Waals surface area contributed by atoms with E-state index in [2.05, 4.69) is 34.3 Å². The summed E-state index contributed by atoms with van der Waals surface area (Å²) in [4.78, 5) is 0. The molecule has 0 unspecified atom stereocenters. The molecule has 0 aromatic rings. The van der Waals surface area contributed by atoms with Crippen molar-refractivity contribution >= 4 is 22.6 Å². The number of nitroso groups, excluding NO2 is 1. The Morgan fingerprint density at radius 3 is 2.71 bits per heavy atom. The first-order chi connectivity index (χ1) is 6.83. The normalized spacial score (nSPS) is 23.6. The summed E-state index contributed by atoms with van der Waals surface area (Å²) in [5.74, 6) is 1.72. The van der Waals surface area contributed by atoms with Gasteiger partial charge in [-0.05, 0) is 12.8 Å². The summed E-state index contributed by atoms with van der Waals surface area (Å²) >= 11 is 2.36. The van der Waals surface area contributed by atoms with Crippen molar-refractivity contribution in [2.24, 2.45) is 11.1 Å². The van der Waals surface area contributed by atoms with E-state index in [1.807, 2.05) is 0 Å². The molecule has 1 fully saturated rings. The van der Waals surface area contributed by atoms with E-state index in [9.17, 15) is 0 Å². The molecule has 1 heterocycles. The van der Waals surface area contributed by atoms with Gasteiger partial charge in [0.25, 0.3) is 0 Å². The van der Waals surface area contributed by atoms with Crippen molar-refractivity contribution in [3.8, 4) is 0 Å². The molecule has 0 amide bonds. The van der Waals surface area contributed by atoms with E-state index in [0.717, 1.165) is 15.9 Å². The van der Waals surface area contributed by atoms with Crippen molar-refractivity contribution in [1.82, 2.24) is 0 Å². The summed E-state index contributed by atoms with van der Waals surface area (Å²) in [5, 5.41) is 3.97. The standard InChI is InChI=1S/C11H15INO/c1-8-10(7-12)11(14-13-8)9-5-3-2-4-6-9/h9H,1-7H2/q+1. The monoisotopic (exact) mass is 304 g/mol. The second-order valence-electron chi connectivity index (χ2n) is 3.94. The third-order valence-corrected chi connectivity index (χ3v) is 3.77. The molecular weight excluding hydrogens is 289 g/mol. The van der Waals surface area contributed by atoms with Gasteiger partial charge in [0, 0.05) is 4.43 Å². The summed E-state index contributed by atoms with van der Waals surface area (Å²) in [6, 6.07) is 0. The van der Waals surface area contributed by atoms with Gasteiger partial charge in [-0.2, -0.15) is 0 Å². The molecule has 0 radical (unpaired) electrons. The van der Waals surface area contributed by atoms with Crippen LogP contribution in [0.1, 0.15) is 32.1 Å². The van der Waals surface area contributed by atoms with Crippen molar-refractivity contribution in [3.05, 3.63) is 28.1 Å². The molecule has 2 aliphatic rings. The Bertz CT molecular complexity index is 300. The zero-order chi connectivity index (χ0) is 9.97. The van der Waals surface area contributed by atoms with Gasteiger partial charge in [-0.25, -0.2) is 0 Å². The Morgan fingerprint density at radius 2 is 2.07 bits per heavy atom. The van der Waals surface area contributed by atoms with Gasteiger partial charge in [0.15, 0.2) is 10.9 Å². The first kappa shape index (κ1) is 10.3. The lowest BCUT2D eigenvalue weighted by atomic mass is 9.86. The van der Waals surface area contributed by atoms with Crippen LogP contribution in [-0.2, 0) is 0 Å². The molecule has 14 heavy (non-hydrogen) atoms. The fourth-order valence-corrected chi connectivity index (χ4v) is 3.00. The smallest absolute Gasteiger partial charge is 0.0807 e.